The fourth-order valence-corrected chi connectivity index (χ4v) is 2.00. The molecule has 0 unspecified atom stereocenters. The molecule has 0 fully saturated rings. The maximum Gasteiger partial charge on any atom is 0.258 e. The number of anilines is 1. The third-order valence-corrected chi connectivity index (χ3v) is 3.23. The maximum atomic E-state index is 11.7. The minimum Gasteiger partial charge on any atom is -0.484 e. The van der Waals surface area contributed by atoms with Gasteiger partial charge in [-0.1, -0.05) is 29.3 Å². The number of halogens is 2. The van der Waals surface area contributed by atoms with E-state index in [1.54, 1.807) is 48.5 Å². The molecule has 0 saturated carbocycles. The summed E-state index contributed by atoms with van der Waals surface area (Å²) in [5, 5.41) is 6.19. The molecule has 23 heavy (non-hydrogen) atoms. The number of nitrogens with one attached hydrogen (secondary N) is 2. The molecule has 2 aromatic carbocycles. The number of carbonyl (C=O) groups excluding carboxylic acids is 2. The Hall–Kier alpha value is -2.24. The number of hydrogen-bond acceptors (Lipinski definition) is 3. The van der Waals surface area contributed by atoms with Crippen molar-refractivity contribution in [2.75, 3.05) is 18.5 Å². The molecule has 0 bridgehead atoms. The zero-order chi connectivity index (χ0) is 16.7. The molecule has 2 N–H and O–H groups in total. The smallest absolute Gasteiger partial charge is 0.258 e. The van der Waals surface area contributed by atoms with Crippen molar-refractivity contribution in [3.05, 3.63) is 58.6 Å². The van der Waals surface area contributed by atoms with Crippen LogP contribution in [0.5, 0.6) is 5.75 Å². The third-order valence-electron chi connectivity index (χ3n) is 2.74. The highest BCUT2D eigenvalue weighted by Gasteiger charge is 2.07. The molecule has 0 aliphatic carbocycles. The first-order valence-corrected chi connectivity index (χ1v) is 7.49. The fourth-order valence-electron chi connectivity index (χ4n) is 1.68. The van der Waals surface area contributed by atoms with E-state index >= 15 is 0 Å². The standard InChI is InChI=1S/C16H14Cl2N2O3/c17-11-4-6-14(7-5-11)23-10-16(22)19-9-15(21)20-13-3-1-2-12(18)8-13/h1-8H,9-10H2,(H,19,22)(H,20,21). The Morgan fingerprint density at radius 3 is 2.39 bits per heavy atom. The van der Waals surface area contributed by atoms with Gasteiger partial charge in [0.25, 0.3) is 5.91 Å². The van der Waals surface area contributed by atoms with Crippen LogP contribution in [-0.2, 0) is 9.59 Å². The largest absolute Gasteiger partial charge is 0.484 e. The summed E-state index contributed by atoms with van der Waals surface area (Å²) >= 11 is 11.6. The molecule has 0 radical (unpaired) electrons. The van der Waals surface area contributed by atoms with Crippen LogP contribution in [0.3, 0.4) is 0 Å². The summed E-state index contributed by atoms with van der Waals surface area (Å²) in [5.41, 5.74) is 0.564. The Balaban J connectivity index is 1.71. The summed E-state index contributed by atoms with van der Waals surface area (Å²) in [6.45, 7) is -0.346. The Labute approximate surface area is 143 Å². The number of benzene rings is 2. The topological polar surface area (TPSA) is 67.4 Å². The van der Waals surface area contributed by atoms with Crippen LogP contribution in [-0.4, -0.2) is 25.0 Å². The highest BCUT2D eigenvalue weighted by atomic mass is 35.5. The lowest BCUT2D eigenvalue weighted by atomic mass is 10.3. The van der Waals surface area contributed by atoms with Crippen molar-refractivity contribution in [3.63, 3.8) is 0 Å². The van der Waals surface area contributed by atoms with Crippen LogP contribution in [0, 0.1) is 0 Å². The Bertz CT molecular complexity index is 690. The lowest BCUT2D eigenvalue weighted by molar-refractivity contribution is -0.125. The van der Waals surface area contributed by atoms with Gasteiger partial charge < -0.3 is 15.4 Å². The Kier molecular flexibility index (Phi) is 6.26. The summed E-state index contributed by atoms with van der Waals surface area (Å²) < 4.78 is 5.27. The van der Waals surface area contributed by atoms with E-state index in [-0.39, 0.29) is 19.1 Å². The molecule has 0 saturated heterocycles. The molecule has 0 heterocycles. The highest BCUT2D eigenvalue weighted by molar-refractivity contribution is 6.31. The lowest BCUT2D eigenvalue weighted by Crippen LogP contribution is -2.35. The van der Waals surface area contributed by atoms with Crippen molar-refractivity contribution in [1.82, 2.24) is 5.32 Å². The monoisotopic (exact) mass is 352 g/mol. The number of carbonyl (C=O) groups is 2. The summed E-state index contributed by atoms with van der Waals surface area (Å²) in [7, 11) is 0. The van der Waals surface area contributed by atoms with Crippen LogP contribution in [0.25, 0.3) is 0 Å². The summed E-state index contributed by atoms with van der Waals surface area (Å²) in [5.74, 6) is -0.235. The van der Waals surface area contributed by atoms with Gasteiger partial charge in [0.1, 0.15) is 5.75 Å². The molecule has 0 atom stereocenters. The van der Waals surface area contributed by atoms with Crippen LogP contribution in [0.15, 0.2) is 48.5 Å². The van der Waals surface area contributed by atoms with Gasteiger partial charge in [0.15, 0.2) is 6.61 Å². The number of amides is 2. The lowest BCUT2D eigenvalue weighted by Gasteiger charge is -2.08. The molecule has 2 amide bonds. The molecule has 2 aromatic rings. The predicted octanol–water partition coefficient (Wildman–Crippen LogP) is 3.13. The third kappa shape index (κ3) is 6.18. The Morgan fingerprint density at radius 2 is 1.70 bits per heavy atom. The highest BCUT2D eigenvalue weighted by Crippen LogP contribution is 2.15. The van der Waals surface area contributed by atoms with E-state index < -0.39 is 5.91 Å². The first-order chi connectivity index (χ1) is 11.0. The van der Waals surface area contributed by atoms with Crippen molar-refractivity contribution in [2.24, 2.45) is 0 Å². The van der Waals surface area contributed by atoms with E-state index in [4.69, 9.17) is 27.9 Å². The van der Waals surface area contributed by atoms with Gasteiger partial charge >= 0.3 is 0 Å². The second-order valence-electron chi connectivity index (χ2n) is 4.58. The van der Waals surface area contributed by atoms with Gasteiger partial charge in [-0.3, -0.25) is 9.59 Å². The minimum atomic E-state index is -0.402. The summed E-state index contributed by atoms with van der Waals surface area (Å²) in [6.07, 6.45) is 0. The van der Waals surface area contributed by atoms with Crippen molar-refractivity contribution in [3.8, 4) is 5.75 Å². The van der Waals surface area contributed by atoms with Gasteiger partial charge in [-0.25, -0.2) is 0 Å². The zero-order valence-corrected chi connectivity index (χ0v) is 13.5. The van der Waals surface area contributed by atoms with E-state index in [0.717, 1.165) is 0 Å². The summed E-state index contributed by atoms with van der Waals surface area (Å²) in [6, 6.07) is 13.4. The SMILES string of the molecule is O=C(COc1ccc(Cl)cc1)NCC(=O)Nc1cccc(Cl)c1. The molecule has 0 aliphatic rings. The van der Waals surface area contributed by atoms with E-state index in [1.165, 1.54) is 0 Å². The molecule has 5 nitrogen and oxygen atoms in total. The molecule has 0 spiro atoms. The maximum absolute atomic E-state index is 11.7. The predicted molar refractivity (Wildman–Crippen MR) is 90.0 cm³/mol. The quantitative estimate of drug-likeness (QED) is 0.839. The zero-order valence-electron chi connectivity index (χ0n) is 12.0. The molecule has 2 rings (SSSR count). The van der Waals surface area contributed by atoms with Crippen molar-refractivity contribution in [1.29, 1.82) is 0 Å². The van der Waals surface area contributed by atoms with E-state index in [1.807, 2.05) is 0 Å². The van der Waals surface area contributed by atoms with Crippen molar-refractivity contribution >= 4 is 40.7 Å². The van der Waals surface area contributed by atoms with Crippen LogP contribution >= 0.6 is 23.2 Å². The molecule has 0 aliphatic heterocycles. The Morgan fingerprint density at radius 1 is 0.957 bits per heavy atom. The number of ether oxygens (including phenoxy) is 1. The van der Waals surface area contributed by atoms with Gasteiger partial charge in [0.05, 0.1) is 6.54 Å². The van der Waals surface area contributed by atoms with Crippen molar-refractivity contribution in [2.45, 2.75) is 0 Å². The number of rotatable bonds is 6. The van der Waals surface area contributed by atoms with Gasteiger partial charge in [-0.05, 0) is 42.5 Å². The van der Waals surface area contributed by atoms with Crippen LogP contribution < -0.4 is 15.4 Å². The van der Waals surface area contributed by atoms with E-state index in [9.17, 15) is 9.59 Å². The van der Waals surface area contributed by atoms with Gasteiger partial charge in [-0.2, -0.15) is 0 Å². The first kappa shape index (κ1) is 17.1. The molecule has 120 valence electrons. The second-order valence-corrected chi connectivity index (χ2v) is 5.45. The average Bonchev–Trinajstić information content (AvgIpc) is 2.52. The molecular formula is C16H14Cl2N2O3. The minimum absolute atomic E-state index is 0.157. The van der Waals surface area contributed by atoms with Crippen LogP contribution in [0.1, 0.15) is 0 Å². The molecular weight excluding hydrogens is 339 g/mol. The van der Waals surface area contributed by atoms with E-state index in [2.05, 4.69) is 10.6 Å². The second kappa shape index (κ2) is 8.41. The van der Waals surface area contributed by atoms with Crippen molar-refractivity contribution < 1.29 is 14.3 Å². The van der Waals surface area contributed by atoms with Crippen LogP contribution in [0.4, 0.5) is 5.69 Å². The summed E-state index contributed by atoms with van der Waals surface area (Å²) in [4.78, 5) is 23.3. The van der Waals surface area contributed by atoms with Gasteiger partial charge in [0.2, 0.25) is 5.91 Å². The number of hydrogen-bond donors (Lipinski definition) is 2. The molecule has 0 aromatic heterocycles. The average molecular weight is 353 g/mol. The van der Waals surface area contributed by atoms with Crippen LogP contribution in [0.2, 0.25) is 10.0 Å². The molecule has 7 heteroatoms. The van der Waals surface area contributed by atoms with E-state index in [0.29, 0.717) is 21.5 Å². The normalized spacial score (nSPS) is 10.0. The van der Waals surface area contributed by atoms with Gasteiger partial charge in [0, 0.05) is 15.7 Å². The fraction of sp³-hybridized carbons (Fsp3) is 0.125. The first-order valence-electron chi connectivity index (χ1n) is 6.73. The van der Waals surface area contributed by atoms with Gasteiger partial charge in [-0.15, -0.1) is 0 Å².